The van der Waals surface area contributed by atoms with Gasteiger partial charge in [-0.2, -0.15) is 0 Å². The van der Waals surface area contributed by atoms with Gasteiger partial charge in [0.15, 0.2) is 9.84 Å². The number of carbonyl (C=O) groups excluding carboxylic acids is 1. The molecule has 10 heteroatoms. The van der Waals surface area contributed by atoms with Gasteiger partial charge in [-0.1, -0.05) is 6.07 Å². The number of anilines is 1. The highest BCUT2D eigenvalue weighted by atomic mass is 32.2. The summed E-state index contributed by atoms with van der Waals surface area (Å²) in [5.41, 5.74) is 1.45. The van der Waals surface area contributed by atoms with Crippen LogP contribution in [0, 0.1) is 0 Å². The molecule has 1 atom stereocenters. The Kier molecular flexibility index (Phi) is 8.98. The van der Waals surface area contributed by atoms with E-state index in [4.69, 9.17) is 23.7 Å². The molecule has 2 aromatic rings. The first kappa shape index (κ1) is 25.9. The van der Waals surface area contributed by atoms with Gasteiger partial charge >= 0.3 is 5.97 Å². The molecule has 0 spiro atoms. The number of hydrogen-bond acceptors (Lipinski definition) is 9. The molecule has 0 heterocycles. The fourth-order valence-electron chi connectivity index (χ4n) is 3.08. The van der Waals surface area contributed by atoms with E-state index in [1.165, 1.54) is 41.6 Å². The monoisotopic (exact) mass is 479 g/mol. The first-order valence-electron chi connectivity index (χ1n) is 9.90. The van der Waals surface area contributed by atoms with Crippen molar-refractivity contribution < 1.29 is 36.9 Å². The van der Waals surface area contributed by atoms with Crippen molar-refractivity contribution in [3.8, 4) is 23.0 Å². The third-order valence-corrected chi connectivity index (χ3v) is 6.04. The largest absolute Gasteiger partial charge is 0.496 e. The van der Waals surface area contributed by atoms with Crippen LogP contribution < -0.4 is 24.3 Å². The molecular formula is C23H29NO8S. The van der Waals surface area contributed by atoms with E-state index in [0.717, 1.165) is 5.41 Å². The number of benzene rings is 2. The molecule has 0 amide bonds. The summed E-state index contributed by atoms with van der Waals surface area (Å²) in [6.07, 6.45) is 1.43. The number of ether oxygens (including phenoxy) is 5. The molecule has 9 nitrogen and oxygen atoms in total. The normalized spacial score (nSPS) is 12.2. The first-order chi connectivity index (χ1) is 15.7. The standard InChI is InChI=1S/C23H29NO8S/c1-15(23(25)32-6)24-19-11-16(7-8-20(19)29-3)14-33(26,27)10-9-18-21(30-4)12-17(28-2)13-22(18)31-5/h7-13,15,24H,14H2,1-6H3/b10-9+. The van der Waals surface area contributed by atoms with Gasteiger partial charge in [0.05, 0.1) is 52.6 Å². The van der Waals surface area contributed by atoms with Crippen LogP contribution >= 0.6 is 0 Å². The Labute approximate surface area is 194 Å². The summed E-state index contributed by atoms with van der Waals surface area (Å²) < 4.78 is 51.6. The molecule has 0 fully saturated rings. The molecule has 2 aromatic carbocycles. The van der Waals surface area contributed by atoms with Crippen LogP contribution in [0.4, 0.5) is 5.69 Å². The number of carbonyl (C=O) groups is 1. The van der Waals surface area contributed by atoms with E-state index in [2.05, 4.69) is 5.32 Å². The average Bonchev–Trinajstić information content (AvgIpc) is 2.81. The Hall–Kier alpha value is -3.40. The zero-order chi connectivity index (χ0) is 24.6. The lowest BCUT2D eigenvalue weighted by Gasteiger charge is -2.16. The maximum Gasteiger partial charge on any atom is 0.327 e. The lowest BCUT2D eigenvalue weighted by molar-refractivity contribution is -0.141. The van der Waals surface area contributed by atoms with Gasteiger partial charge in [0.1, 0.15) is 29.0 Å². The topological polar surface area (TPSA) is 109 Å². The fourth-order valence-corrected chi connectivity index (χ4v) is 4.16. The molecule has 0 aliphatic heterocycles. The van der Waals surface area contributed by atoms with Crippen molar-refractivity contribution in [2.24, 2.45) is 0 Å². The average molecular weight is 480 g/mol. The number of hydrogen-bond donors (Lipinski definition) is 1. The molecule has 0 radical (unpaired) electrons. The van der Waals surface area contributed by atoms with Gasteiger partial charge in [0.25, 0.3) is 0 Å². The minimum absolute atomic E-state index is 0.268. The Morgan fingerprint density at radius 3 is 2.06 bits per heavy atom. The molecule has 0 aliphatic carbocycles. The lowest BCUT2D eigenvalue weighted by atomic mass is 10.1. The Bertz CT molecular complexity index is 1090. The summed E-state index contributed by atoms with van der Waals surface area (Å²) in [7, 11) is 3.57. The van der Waals surface area contributed by atoms with Crippen molar-refractivity contribution in [3.63, 3.8) is 0 Å². The van der Waals surface area contributed by atoms with Gasteiger partial charge in [-0.15, -0.1) is 0 Å². The van der Waals surface area contributed by atoms with Crippen LogP contribution in [0.25, 0.3) is 6.08 Å². The quantitative estimate of drug-likeness (QED) is 0.486. The van der Waals surface area contributed by atoms with E-state index in [1.807, 2.05) is 0 Å². The van der Waals surface area contributed by atoms with Crippen molar-refractivity contribution in [2.45, 2.75) is 18.7 Å². The molecular weight excluding hydrogens is 450 g/mol. The van der Waals surface area contributed by atoms with Gasteiger partial charge in [0, 0.05) is 17.5 Å². The summed E-state index contributed by atoms with van der Waals surface area (Å²) in [6.45, 7) is 1.63. The van der Waals surface area contributed by atoms with Crippen LogP contribution in [0.5, 0.6) is 23.0 Å². The third kappa shape index (κ3) is 6.79. The Morgan fingerprint density at radius 1 is 0.939 bits per heavy atom. The number of methoxy groups -OCH3 is 5. The fraction of sp³-hybridized carbons (Fsp3) is 0.348. The maximum atomic E-state index is 12.8. The molecule has 0 saturated heterocycles. The molecule has 0 aromatic heterocycles. The second kappa shape index (κ2) is 11.5. The van der Waals surface area contributed by atoms with Crippen molar-refractivity contribution in [2.75, 3.05) is 40.9 Å². The molecule has 2 rings (SSSR count). The minimum atomic E-state index is -3.67. The Morgan fingerprint density at radius 2 is 1.55 bits per heavy atom. The summed E-state index contributed by atoms with van der Waals surface area (Å²) in [4.78, 5) is 11.7. The van der Waals surface area contributed by atoms with Crippen molar-refractivity contribution >= 4 is 27.6 Å². The zero-order valence-corrected chi connectivity index (χ0v) is 20.3. The first-order valence-corrected chi connectivity index (χ1v) is 11.6. The predicted molar refractivity (Wildman–Crippen MR) is 126 cm³/mol. The molecule has 0 aliphatic rings. The van der Waals surface area contributed by atoms with Crippen molar-refractivity contribution in [3.05, 3.63) is 46.9 Å². The number of esters is 1. The van der Waals surface area contributed by atoms with E-state index in [0.29, 0.717) is 39.8 Å². The summed E-state index contributed by atoms with van der Waals surface area (Å²) in [6, 6.07) is 7.53. The molecule has 180 valence electrons. The van der Waals surface area contributed by atoms with Crippen molar-refractivity contribution in [1.82, 2.24) is 0 Å². The lowest BCUT2D eigenvalue weighted by Crippen LogP contribution is -2.27. The van der Waals surface area contributed by atoms with Crippen LogP contribution in [0.3, 0.4) is 0 Å². The van der Waals surface area contributed by atoms with Crippen LogP contribution in [0.1, 0.15) is 18.1 Å². The van der Waals surface area contributed by atoms with Crippen LogP contribution in [0.2, 0.25) is 0 Å². The second-order valence-corrected chi connectivity index (χ2v) is 8.87. The molecule has 0 bridgehead atoms. The molecule has 33 heavy (non-hydrogen) atoms. The highest BCUT2D eigenvalue weighted by Gasteiger charge is 2.17. The summed E-state index contributed by atoms with van der Waals surface area (Å²) >= 11 is 0. The van der Waals surface area contributed by atoms with E-state index in [1.54, 1.807) is 37.3 Å². The van der Waals surface area contributed by atoms with Crippen molar-refractivity contribution in [1.29, 1.82) is 0 Å². The summed E-state index contributed by atoms with van der Waals surface area (Å²) in [5.74, 6) is 1.07. The Balaban J connectivity index is 2.32. The number of rotatable bonds is 11. The van der Waals surface area contributed by atoms with E-state index < -0.39 is 21.8 Å². The second-order valence-electron chi connectivity index (χ2n) is 6.98. The zero-order valence-electron chi connectivity index (χ0n) is 19.5. The SMILES string of the molecule is COC(=O)C(C)Nc1cc(CS(=O)(=O)/C=C/c2c(OC)cc(OC)cc2OC)ccc1OC. The molecule has 1 N–H and O–H groups in total. The summed E-state index contributed by atoms with van der Waals surface area (Å²) in [5, 5.41) is 4.09. The van der Waals surface area contributed by atoms with E-state index in [-0.39, 0.29) is 5.75 Å². The number of sulfone groups is 1. The van der Waals surface area contributed by atoms with Gasteiger partial charge in [-0.3, -0.25) is 0 Å². The van der Waals surface area contributed by atoms with Crippen LogP contribution in [0.15, 0.2) is 35.7 Å². The molecule has 0 saturated carbocycles. The van der Waals surface area contributed by atoms with E-state index in [9.17, 15) is 13.2 Å². The van der Waals surface area contributed by atoms with Gasteiger partial charge in [0.2, 0.25) is 0 Å². The molecule has 1 unspecified atom stereocenters. The van der Waals surface area contributed by atoms with Crippen LogP contribution in [-0.2, 0) is 25.1 Å². The maximum absolute atomic E-state index is 12.8. The number of nitrogens with one attached hydrogen (secondary N) is 1. The smallest absolute Gasteiger partial charge is 0.327 e. The van der Waals surface area contributed by atoms with Gasteiger partial charge in [-0.25, -0.2) is 13.2 Å². The van der Waals surface area contributed by atoms with Gasteiger partial charge in [-0.05, 0) is 30.7 Å². The highest BCUT2D eigenvalue weighted by Crippen LogP contribution is 2.35. The van der Waals surface area contributed by atoms with E-state index >= 15 is 0 Å². The van der Waals surface area contributed by atoms with Gasteiger partial charge < -0.3 is 29.0 Å². The third-order valence-electron chi connectivity index (χ3n) is 4.75. The van der Waals surface area contributed by atoms with Crippen LogP contribution in [-0.4, -0.2) is 56.0 Å². The minimum Gasteiger partial charge on any atom is -0.496 e. The predicted octanol–water partition coefficient (Wildman–Crippen LogP) is 3.28. The highest BCUT2D eigenvalue weighted by molar-refractivity contribution is 7.93.